The molecule has 102 valence electrons. The average molecular weight is 258 g/mol. The van der Waals surface area contributed by atoms with Gasteiger partial charge in [0.1, 0.15) is 0 Å². The molecule has 19 heavy (non-hydrogen) atoms. The highest BCUT2D eigenvalue weighted by atomic mass is 16.3. The Bertz CT molecular complexity index is 492. The zero-order chi connectivity index (χ0) is 13.9. The van der Waals surface area contributed by atoms with Crippen LogP contribution >= 0.6 is 0 Å². The lowest BCUT2D eigenvalue weighted by Gasteiger charge is -2.31. The van der Waals surface area contributed by atoms with Gasteiger partial charge in [0.15, 0.2) is 0 Å². The van der Waals surface area contributed by atoms with E-state index in [0.717, 1.165) is 24.0 Å². The van der Waals surface area contributed by atoms with Crippen LogP contribution in [0.1, 0.15) is 37.8 Å². The Morgan fingerprint density at radius 1 is 0.947 bits per heavy atom. The lowest BCUT2D eigenvalue weighted by atomic mass is 9.74. The van der Waals surface area contributed by atoms with Crippen molar-refractivity contribution in [1.82, 2.24) is 0 Å². The second-order valence-corrected chi connectivity index (χ2v) is 5.65. The molecule has 0 bridgehead atoms. The van der Waals surface area contributed by atoms with E-state index in [-0.39, 0.29) is 18.6 Å². The van der Waals surface area contributed by atoms with Gasteiger partial charge in [-0.15, -0.1) is 0 Å². The fourth-order valence-corrected chi connectivity index (χ4v) is 2.55. The van der Waals surface area contributed by atoms with Gasteiger partial charge < -0.3 is 10.2 Å². The van der Waals surface area contributed by atoms with Crippen molar-refractivity contribution in [2.75, 3.05) is 6.61 Å². The van der Waals surface area contributed by atoms with Crippen LogP contribution in [0.3, 0.4) is 0 Å². The Morgan fingerprint density at radius 2 is 1.63 bits per heavy atom. The van der Waals surface area contributed by atoms with E-state index in [1.165, 1.54) is 11.1 Å². The van der Waals surface area contributed by atoms with Gasteiger partial charge in [-0.3, -0.25) is 0 Å². The van der Waals surface area contributed by atoms with Crippen molar-refractivity contribution < 1.29 is 10.2 Å². The van der Waals surface area contributed by atoms with Gasteiger partial charge in [0, 0.05) is 5.41 Å². The first-order valence-electron chi connectivity index (χ1n) is 6.78. The molecule has 0 spiro atoms. The summed E-state index contributed by atoms with van der Waals surface area (Å²) in [5.74, 6) is 0. The van der Waals surface area contributed by atoms with E-state index in [2.05, 4.69) is 32.1 Å². The lowest BCUT2D eigenvalue weighted by Crippen LogP contribution is -2.21. The minimum absolute atomic E-state index is 0.00846. The van der Waals surface area contributed by atoms with E-state index < -0.39 is 0 Å². The first kappa shape index (κ1) is 14.0. The summed E-state index contributed by atoms with van der Waals surface area (Å²) in [5.41, 5.74) is 4.69. The fourth-order valence-electron chi connectivity index (χ4n) is 2.55. The topological polar surface area (TPSA) is 40.5 Å². The molecule has 2 rings (SSSR count). The standard InChI is InChI=1S/C17H22O2/c1-17(2,15-7-3-13(11-18)4-8-15)16-9-5-14(12-19)6-10-16/h3-5,7-9,18-19H,6,10-12H2,1-2H3. The third kappa shape index (κ3) is 2.96. The van der Waals surface area contributed by atoms with Gasteiger partial charge in [-0.1, -0.05) is 55.8 Å². The van der Waals surface area contributed by atoms with Gasteiger partial charge in [0.05, 0.1) is 13.2 Å². The minimum atomic E-state index is -0.00846. The third-order valence-corrected chi connectivity index (χ3v) is 4.10. The molecule has 0 aliphatic heterocycles. The normalized spacial score (nSPS) is 16.0. The smallest absolute Gasteiger partial charge is 0.0681 e. The molecule has 0 atom stereocenters. The Balaban J connectivity index is 2.26. The van der Waals surface area contributed by atoms with Crippen molar-refractivity contribution in [1.29, 1.82) is 0 Å². The molecule has 1 aliphatic rings. The molecule has 1 aliphatic carbocycles. The monoisotopic (exact) mass is 258 g/mol. The molecule has 1 aromatic carbocycles. The molecular weight excluding hydrogens is 236 g/mol. The number of hydrogen-bond donors (Lipinski definition) is 2. The van der Waals surface area contributed by atoms with Gasteiger partial charge in [-0.2, -0.15) is 0 Å². The summed E-state index contributed by atoms with van der Waals surface area (Å²) >= 11 is 0. The van der Waals surface area contributed by atoms with Crippen molar-refractivity contribution in [2.45, 2.75) is 38.7 Å². The molecule has 2 N–H and O–H groups in total. The van der Waals surface area contributed by atoms with E-state index in [1.807, 2.05) is 18.2 Å². The number of rotatable bonds is 4. The van der Waals surface area contributed by atoms with Crippen LogP contribution in [0.25, 0.3) is 0 Å². The molecule has 0 fully saturated rings. The predicted molar refractivity (Wildman–Crippen MR) is 77.9 cm³/mol. The summed E-state index contributed by atoms with van der Waals surface area (Å²) in [6, 6.07) is 8.15. The summed E-state index contributed by atoms with van der Waals surface area (Å²) in [6.07, 6.45) is 6.14. The number of aliphatic hydroxyl groups excluding tert-OH is 2. The van der Waals surface area contributed by atoms with Crippen LogP contribution in [0, 0.1) is 0 Å². The summed E-state index contributed by atoms with van der Waals surface area (Å²) in [6.45, 7) is 4.70. The lowest BCUT2D eigenvalue weighted by molar-refractivity contribution is 0.282. The van der Waals surface area contributed by atoms with Crippen LogP contribution in [0.4, 0.5) is 0 Å². The molecule has 0 aromatic heterocycles. The Morgan fingerprint density at radius 3 is 2.11 bits per heavy atom. The van der Waals surface area contributed by atoms with E-state index in [0.29, 0.717) is 0 Å². The predicted octanol–water partition coefficient (Wildman–Crippen LogP) is 3.10. The van der Waals surface area contributed by atoms with Gasteiger partial charge in [0.2, 0.25) is 0 Å². The number of benzene rings is 1. The fraction of sp³-hybridized carbons (Fsp3) is 0.412. The van der Waals surface area contributed by atoms with Crippen LogP contribution in [0.5, 0.6) is 0 Å². The summed E-state index contributed by atoms with van der Waals surface area (Å²) in [7, 11) is 0. The zero-order valence-corrected chi connectivity index (χ0v) is 11.7. The molecular formula is C17H22O2. The van der Waals surface area contributed by atoms with Crippen LogP contribution in [-0.2, 0) is 12.0 Å². The van der Waals surface area contributed by atoms with E-state index in [1.54, 1.807) is 0 Å². The maximum atomic E-state index is 9.13. The Kier molecular flexibility index (Phi) is 4.23. The molecule has 0 heterocycles. The van der Waals surface area contributed by atoms with Crippen molar-refractivity contribution in [3.8, 4) is 0 Å². The molecule has 0 saturated carbocycles. The molecule has 1 aromatic rings. The highest BCUT2D eigenvalue weighted by molar-refractivity contribution is 5.39. The first-order chi connectivity index (χ1) is 9.07. The highest BCUT2D eigenvalue weighted by Crippen LogP contribution is 2.36. The number of hydrogen-bond acceptors (Lipinski definition) is 2. The average Bonchev–Trinajstić information content (AvgIpc) is 2.47. The van der Waals surface area contributed by atoms with Crippen LogP contribution in [0.15, 0.2) is 47.6 Å². The van der Waals surface area contributed by atoms with Crippen molar-refractivity contribution in [2.24, 2.45) is 0 Å². The molecule has 0 radical (unpaired) electrons. The third-order valence-electron chi connectivity index (χ3n) is 4.10. The minimum Gasteiger partial charge on any atom is -0.392 e. The summed E-state index contributed by atoms with van der Waals surface area (Å²) in [5, 5.41) is 18.2. The second kappa shape index (κ2) is 5.72. The van der Waals surface area contributed by atoms with Crippen LogP contribution in [0.2, 0.25) is 0 Å². The van der Waals surface area contributed by atoms with Crippen molar-refractivity contribution in [3.63, 3.8) is 0 Å². The summed E-state index contributed by atoms with van der Waals surface area (Å²) < 4.78 is 0. The van der Waals surface area contributed by atoms with Crippen molar-refractivity contribution >= 4 is 0 Å². The first-order valence-corrected chi connectivity index (χ1v) is 6.78. The number of allylic oxidation sites excluding steroid dienone is 3. The highest BCUT2D eigenvalue weighted by Gasteiger charge is 2.26. The van der Waals surface area contributed by atoms with Gasteiger partial charge in [-0.05, 0) is 29.5 Å². The number of aliphatic hydroxyl groups is 2. The van der Waals surface area contributed by atoms with Gasteiger partial charge in [0.25, 0.3) is 0 Å². The molecule has 0 amide bonds. The van der Waals surface area contributed by atoms with Crippen LogP contribution in [-0.4, -0.2) is 16.8 Å². The second-order valence-electron chi connectivity index (χ2n) is 5.65. The zero-order valence-electron chi connectivity index (χ0n) is 11.7. The largest absolute Gasteiger partial charge is 0.392 e. The van der Waals surface area contributed by atoms with E-state index in [9.17, 15) is 0 Å². The van der Waals surface area contributed by atoms with Crippen LogP contribution < -0.4 is 0 Å². The quantitative estimate of drug-likeness (QED) is 0.871. The van der Waals surface area contributed by atoms with Gasteiger partial charge in [-0.25, -0.2) is 0 Å². The molecule has 0 unspecified atom stereocenters. The Labute approximate surface area is 115 Å². The van der Waals surface area contributed by atoms with E-state index in [4.69, 9.17) is 10.2 Å². The van der Waals surface area contributed by atoms with E-state index >= 15 is 0 Å². The van der Waals surface area contributed by atoms with Crippen molar-refractivity contribution in [3.05, 3.63) is 58.7 Å². The molecule has 2 nitrogen and oxygen atoms in total. The Hall–Kier alpha value is -1.38. The maximum absolute atomic E-state index is 9.13. The molecule has 0 saturated heterocycles. The maximum Gasteiger partial charge on any atom is 0.0681 e. The summed E-state index contributed by atoms with van der Waals surface area (Å²) in [4.78, 5) is 0. The molecule has 2 heteroatoms. The van der Waals surface area contributed by atoms with Gasteiger partial charge >= 0.3 is 0 Å². The SMILES string of the molecule is CC(C)(C1=CC=C(CO)CC1)c1ccc(CO)cc1.